The van der Waals surface area contributed by atoms with Crippen LogP contribution in [-0.2, 0) is 0 Å². The molecule has 0 spiro atoms. The zero-order valence-electron chi connectivity index (χ0n) is 23.0. The smallest absolute Gasteiger partial charge is 0.280 e. The van der Waals surface area contributed by atoms with Crippen molar-refractivity contribution in [2.45, 2.75) is 13.8 Å². The molecule has 6 aromatic rings. The maximum atomic E-state index is 13.8. The second-order valence-corrected chi connectivity index (χ2v) is 10.8. The second kappa shape index (κ2) is 10.9. The van der Waals surface area contributed by atoms with Gasteiger partial charge in [-0.3, -0.25) is 25.0 Å². The van der Waals surface area contributed by atoms with Gasteiger partial charge >= 0.3 is 0 Å². The maximum Gasteiger partial charge on any atom is 0.280 e. The van der Waals surface area contributed by atoms with Crippen molar-refractivity contribution in [3.05, 3.63) is 123 Å². The van der Waals surface area contributed by atoms with E-state index in [4.69, 9.17) is 14.7 Å². The number of non-ortho nitro benzene ring substituents is 1. The number of ether oxygens (including phenoxy) is 1. The Hall–Kier alpha value is -5.35. The topological polar surface area (TPSA) is 115 Å². The number of aryl methyl sites for hydroxylation is 1. The van der Waals surface area contributed by atoms with Gasteiger partial charge in [0, 0.05) is 23.3 Å². The summed E-state index contributed by atoms with van der Waals surface area (Å²) in [6, 6.07) is 27.1. The number of hydrogen-bond acceptors (Lipinski definition) is 7. The number of fused-ring (bicyclic) bond motifs is 1. The van der Waals surface area contributed by atoms with E-state index in [1.54, 1.807) is 25.4 Å². The summed E-state index contributed by atoms with van der Waals surface area (Å²) in [4.78, 5) is 34.0. The molecule has 0 bridgehead atoms. The molecule has 0 unspecified atom stereocenters. The number of thiazole rings is 1. The highest BCUT2D eigenvalue weighted by molar-refractivity contribution is 7.21. The Morgan fingerprint density at radius 3 is 2.33 bits per heavy atom. The number of aromatic amines is 1. The highest BCUT2D eigenvalue weighted by Crippen LogP contribution is 2.32. The lowest BCUT2D eigenvalue weighted by molar-refractivity contribution is -0.384. The average Bonchev–Trinajstić information content (AvgIpc) is 3.58. The van der Waals surface area contributed by atoms with E-state index in [-0.39, 0.29) is 11.2 Å². The Balaban J connectivity index is 1.39. The first-order chi connectivity index (χ1) is 20.3. The largest absolute Gasteiger partial charge is 0.497 e. The van der Waals surface area contributed by atoms with Crippen LogP contribution < -0.4 is 10.3 Å². The molecule has 0 aliphatic heterocycles. The van der Waals surface area contributed by atoms with Crippen molar-refractivity contribution < 1.29 is 9.66 Å². The second-order valence-electron chi connectivity index (χ2n) is 9.74. The Labute approximate surface area is 244 Å². The molecule has 0 aliphatic carbocycles. The minimum absolute atomic E-state index is 0.0592. The van der Waals surface area contributed by atoms with Gasteiger partial charge in [0.2, 0.25) is 0 Å². The molecule has 6 rings (SSSR count). The lowest BCUT2D eigenvalue weighted by Gasteiger charge is -2.05. The van der Waals surface area contributed by atoms with E-state index in [0.717, 1.165) is 26.4 Å². The Morgan fingerprint density at radius 2 is 1.67 bits per heavy atom. The summed E-state index contributed by atoms with van der Waals surface area (Å²) in [6.45, 7) is 3.86. The Bertz CT molecular complexity index is 2020. The molecule has 0 radical (unpaired) electrons. The van der Waals surface area contributed by atoms with E-state index in [0.29, 0.717) is 34.1 Å². The van der Waals surface area contributed by atoms with Crippen molar-refractivity contribution >= 4 is 38.6 Å². The summed E-state index contributed by atoms with van der Waals surface area (Å²) in [5, 5.41) is 15.2. The molecule has 208 valence electrons. The van der Waals surface area contributed by atoms with Gasteiger partial charge in [-0.1, -0.05) is 6.07 Å². The molecule has 0 amide bonds. The van der Waals surface area contributed by atoms with Crippen LogP contribution in [0.1, 0.15) is 18.1 Å². The zero-order valence-corrected chi connectivity index (χ0v) is 23.8. The Kier molecular flexibility index (Phi) is 6.97. The van der Waals surface area contributed by atoms with Gasteiger partial charge < -0.3 is 4.74 Å². The molecule has 0 saturated heterocycles. The van der Waals surface area contributed by atoms with E-state index >= 15 is 0 Å². The first kappa shape index (κ1) is 26.9. The van der Waals surface area contributed by atoms with Crippen LogP contribution in [-0.4, -0.2) is 32.5 Å². The van der Waals surface area contributed by atoms with E-state index in [1.165, 1.54) is 34.5 Å². The standard InChI is InChI=1S/C32H25N5O4S/c1-19-4-17-27-28(18-19)42-31(34-27)22-5-9-23(10-6-22)33-20(2)29-30(21-7-15-26(41-3)16-8-21)35-36(32(29)38)24-11-13-25(14-12-24)37(39)40/h4-18,35H,1-3H3. The zero-order chi connectivity index (χ0) is 29.4. The average molecular weight is 576 g/mol. The highest BCUT2D eigenvalue weighted by Gasteiger charge is 2.20. The number of hydrogen-bond donors (Lipinski definition) is 1. The number of methoxy groups -OCH3 is 1. The number of nitro benzene ring substituents is 1. The van der Waals surface area contributed by atoms with Crippen molar-refractivity contribution in [3.63, 3.8) is 0 Å². The number of nitro groups is 1. The third-order valence-electron chi connectivity index (χ3n) is 6.90. The van der Waals surface area contributed by atoms with Gasteiger partial charge in [-0.25, -0.2) is 9.67 Å². The van der Waals surface area contributed by atoms with Crippen LogP contribution in [0.25, 0.3) is 37.7 Å². The highest BCUT2D eigenvalue weighted by atomic mass is 32.1. The van der Waals surface area contributed by atoms with E-state index in [2.05, 4.69) is 24.2 Å². The first-order valence-electron chi connectivity index (χ1n) is 13.1. The van der Waals surface area contributed by atoms with Gasteiger partial charge in [-0.2, -0.15) is 0 Å². The fourth-order valence-corrected chi connectivity index (χ4v) is 5.80. The number of H-pyrrole nitrogens is 1. The lowest BCUT2D eigenvalue weighted by Crippen LogP contribution is -2.19. The molecule has 9 nitrogen and oxygen atoms in total. The summed E-state index contributed by atoms with van der Waals surface area (Å²) in [6.07, 6.45) is 0. The molecule has 2 heterocycles. The minimum Gasteiger partial charge on any atom is -0.497 e. The minimum atomic E-state index is -0.477. The van der Waals surface area contributed by atoms with Crippen LogP contribution in [0.15, 0.2) is 101 Å². The van der Waals surface area contributed by atoms with Crippen LogP contribution in [0.3, 0.4) is 0 Å². The molecule has 0 atom stereocenters. The molecule has 2 aromatic heterocycles. The molecular formula is C32H25N5O4S. The maximum absolute atomic E-state index is 13.8. The van der Waals surface area contributed by atoms with Gasteiger partial charge in [0.25, 0.3) is 11.2 Å². The molecule has 10 heteroatoms. The summed E-state index contributed by atoms with van der Waals surface area (Å²) in [7, 11) is 1.59. The first-order valence-corrected chi connectivity index (χ1v) is 13.9. The summed E-state index contributed by atoms with van der Waals surface area (Å²) >= 11 is 1.65. The van der Waals surface area contributed by atoms with E-state index in [9.17, 15) is 14.9 Å². The van der Waals surface area contributed by atoms with Crippen LogP contribution in [0.4, 0.5) is 11.4 Å². The lowest BCUT2D eigenvalue weighted by atomic mass is 10.0. The van der Waals surface area contributed by atoms with E-state index in [1.807, 2.05) is 54.6 Å². The summed E-state index contributed by atoms with van der Waals surface area (Å²) in [5.74, 6) is 0.686. The molecule has 0 aliphatic rings. The van der Waals surface area contributed by atoms with Crippen molar-refractivity contribution in [2.75, 3.05) is 7.11 Å². The SMILES string of the molecule is COc1ccc(-c2[nH]n(-c3ccc([N+](=O)[O-])cc3)c(=O)c2C(C)=Nc2ccc(-c3nc4ccc(C)cc4s3)cc2)cc1. The number of aliphatic imine (C=N–C) groups is 1. The fourth-order valence-electron chi connectivity index (χ4n) is 4.73. The van der Waals surface area contributed by atoms with Crippen LogP contribution in [0.2, 0.25) is 0 Å². The third-order valence-corrected chi connectivity index (χ3v) is 7.97. The Morgan fingerprint density at radius 1 is 0.976 bits per heavy atom. The van der Waals surface area contributed by atoms with Gasteiger partial charge in [0.1, 0.15) is 10.8 Å². The molecular weight excluding hydrogens is 550 g/mol. The number of aromatic nitrogens is 3. The molecule has 4 aromatic carbocycles. The number of rotatable bonds is 7. The van der Waals surface area contributed by atoms with Crippen LogP contribution in [0.5, 0.6) is 5.75 Å². The number of nitrogens with one attached hydrogen (secondary N) is 1. The predicted octanol–water partition coefficient (Wildman–Crippen LogP) is 7.48. The summed E-state index contributed by atoms with van der Waals surface area (Å²) in [5.41, 5.74) is 6.19. The normalized spacial score (nSPS) is 11.6. The number of nitrogens with zero attached hydrogens (tertiary/aromatic N) is 4. The molecule has 1 N–H and O–H groups in total. The fraction of sp³-hybridized carbons (Fsp3) is 0.0938. The predicted molar refractivity (Wildman–Crippen MR) is 167 cm³/mol. The van der Waals surface area contributed by atoms with Crippen molar-refractivity contribution in [1.82, 2.24) is 14.8 Å². The van der Waals surface area contributed by atoms with Gasteiger partial charge in [-0.15, -0.1) is 11.3 Å². The quantitative estimate of drug-likeness (QED) is 0.120. The van der Waals surface area contributed by atoms with Gasteiger partial charge in [0.15, 0.2) is 0 Å². The monoisotopic (exact) mass is 575 g/mol. The van der Waals surface area contributed by atoms with E-state index < -0.39 is 4.92 Å². The molecule has 0 fully saturated rings. The molecule has 42 heavy (non-hydrogen) atoms. The number of benzene rings is 4. The van der Waals surface area contributed by atoms with Gasteiger partial charge in [-0.05, 0) is 92.2 Å². The van der Waals surface area contributed by atoms with Gasteiger partial charge in [0.05, 0.1) is 50.6 Å². The van der Waals surface area contributed by atoms with Crippen LogP contribution in [0, 0.1) is 17.0 Å². The van der Waals surface area contributed by atoms with Crippen LogP contribution >= 0.6 is 11.3 Å². The van der Waals surface area contributed by atoms with Crippen molar-refractivity contribution in [2.24, 2.45) is 4.99 Å². The third kappa shape index (κ3) is 5.11. The van der Waals surface area contributed by atoms with Crippen molar-refractivity contribution in [3.8, 4) is 33.3 Å². The van der Waals surface area contributed by atoms with Crippen molar-refractivity contribution in [1.29, 1.82) is 0 Å². The molecule has 0 saturated carbocycles. The summed E-state index contributed by atoms with van der Waals surface area (Å²) < 4.78 is 7.81.